The van der Waals surface area contributed by atoms with Crippen LogP contribution < -0.4 is 10.2 Å². The molecule has 124 valence electrons. The highest BCUT2D eigenvalue weighted by Gasteiger charge is 2.25. The highest BCUT2D eigenvalue weighted by atomic mass is 79.9. The Balaban J connectivity index is 1.60. The first-order valence-electron chi connectivity index (χ1n) is 8.09. The average molecular weight is 394 g/mol. The summed E-state index contributed by atoms with van der Waals surface area (Å²) in [5.41, 5.74) is 4.50. The van der Waals surface area contributed by atoms with Crippen molar-refractivity contribution in [2.45, 2.75) is 6.42 Å². The third-order valence-electron chi connectivity index (χ3n) is 4.27. The molecule has 0 bridgehead atoms. The Kier molecular flexibility index (Phi) is 4.24. The number of hydrogen-bond acceptors (Lipinski definition) is 3. The third-order valence-corrected chi connectivity index (χ3v) is 4.96. The minimum absolute atomic E-state index is 0.0202. The van der Waals surface area contributed by atoms with Gasteiger partial charge in [-0.3, -0.25) is 9.78 Å². The molecule has 4 rings (SSSR count). The van der Waals surface area contributed by atoms with Gasteiger partial charge in [0, 0.05) is 22.9 Å². The molecule has 1 aliphatic rings. The van der Waals surface area contributed by atoms with E-state index >= 15 is 0 Å². The van der Waals surface area contributed by atoms with Crippen LogP contribution in [0.3, 0.4) is 0 Å². The van der Waals surface area contributed by atoms with Crippen LogP contribution in [0.25, 0.3) is 0 Å². The van der Waals surface area contributed by atoms with Gasteiger partial charge in [-0.05, 0) is 52.2 Å². The second-order valence-electron chi connectivity index (χ2n) is 5.90. The Bertz CT molecular complexity index is 941. The summed E-state index contributed by atoms with van der Waals surface area (Å²) >= 11 is 3.52. The van der Waals surface area contributed by atoms with Gasteiger partial charge in [0.2, 0.25) is 0 Å². The molecule has 5 heteroatoms. The maximum Gasteiger partial charge on any atom is 0.259 e. The van der Waals surface area contributed by atoms with Crippen molar-refractivity contribution in [3.05, 3.63) is 82.6 Å². The second-order valence-corrected chi connectivity index (χ2v) is 6.76. The Morgan fingerprint density at radius 1 is 1.08 bits per heavy atom. The van der Waals surface area contributed by atoms with Gasteiger partial charge in [0.05, 0.1) is 23.1 Å². The molecule has 2 aromatic carbocycles. The molecular formula is C20H16BrN3O. The molecule has 2 heterocycles. The number of hydrogen-bond donors (Lipinski definition) is 1. The van der Waals surface area contributed by atoms with Crippen molar-refractivity contribution < 1.29 is 4.79 Å². The van der Waals surface area contributed by atoms with Crippen LogP contribution >= 0.6 is 15.9 Å². The molecule has 25 heavy (non-hydrogen) atoms. The number of amides is 1. The third kappa shape index (κ3) is 3.15. The van der Waals surface area contributed by atoms with Gasteiger partial charge >= 0.3 is 0 Å². The molecule has 0 atom stereocenters. The minimum atomic E-state index is -0.0202. The zero-order valence-electron chi connectivity index (χ0n) is 13.4. The first kappa shape index (κ1) is 15.8. The van der Waals surface area contributed by atoms with Crippen LogP contribution in [0.5, 0.6) is 0 Å². The number of nitrogens with zero attached hydrogens (tertiary/aromatic N) is 2. The summed E-state index contributed by atoms with van der Waals surface area (Å²) in [6.45, 7) is 0.708. The summed E-state index contributed by atoms with van der Waals surface area (Å²) in [5, 5.41) is 3.30. The molecule has 1 aliphatic heterocycles. The van der Waals surface area contributed by atoms with E-state index in [0.29, 0.717) is 12.1 Å². The number of halogens is 1. The average Bonchev–Trinajstić information content (AvgIpc) is 3.07. The molecule has 0 spiro atoms. The highest BCUT2D eigenvalue weighted by molar-refractivity contribution is 9.10. The topological polar surface area (TPSA) is 45.2 Å². The lowest BCUT2D eigenvalue weighted by Crippen LogP contribution is -2.29. The lowest BCUT2D eigenvalue weighted by molar-refractivity contribution is 0.0989. The maximum absolute atomic E-state index is 12.9. The van der Waals surface area contributed by atoms with Crippen molar-refractivity contribution in [3.8, 4) is 0 Å². The quantitative estimate of drug-likeness (QED) is 0.695. The number of pyridine rings is 1. The van der Waals surface area contributed by atoms with Crippen LogP contribution in [0.2, 0.25) is 0 Å². The van der Waals surface area contributed by atoms with Gasteiger partial charge < -0.3 is 10.2 Å². The number of carbonyl (C=O) groups excluding carboxylic acids is 1. The molecule has 4 nitrogen and oxygen atoms in total. The van der Waals surface area contributed by atoms with Crippen molar-refractivity contribution in [1.29, 1.82) is 0 Å². The molecule has 0 radical (unpaired) electrons. The largest absolute Gasteiger partial charge is 0.353 e. The summed E-state index contributed by atoms with van der Waals surface area (Å²) < 4.78 is 0.959. The van der Waals surface area contributed by atoms with E-state index < -0.39 is 0 Å². The summed E-state index contributed by atoms with van der Waals surface area (Å²) in [6.07, 6.45) is 4.23. The smallest absolute Gasteiger partial charge is 0.259 e. The van der Waals surface area contributed by atoms with Gasteiger partial charge in [0.15, 0.2) is 0 Å². The fourth-order valence-corrected chi connectivity index (χ4v) is 3.43. The van der Waals surface area contributed by atoms with Crippen molar-refractivity contribution >= 4 is 38.9 Å². The van der Waals surface area contributed by atoms with Crippen molar-refractivity contribution in [3.63, 3.8) is 0 Å². The number of carbonyl (C=O) groups is 1. The standard InChI is InChI=1S/C20H16BrN3O/c21-17-6-2-3-7-18(17)23-16-11-15(12-22-13-16)20(25)24-10-9-14-5-1-4-8-19(14)24/h1-8,11-13,23H,9-10H2. The lowest BCUT2D eigenvalue weighted by Gasteiger charge is -2.17. The van der Waals surface area contributed by atoms with Crippen molar-refractivity contribution in [2.24, 2.45) is 0 Å². The SMILES string of the molecule is O=C(c1cncc(Nc2ccccc2Br)c1)N1CCc2ccccc21. The predicted octanol–water partition coefficient (Wildman–Crippen LogP) is 4.79. The van der Waals surface area contributed by atoms with Crippen LogP contribution in [0, 0.1) is 0 Å². The van der Waals surface area contributed by atoms with E-state index in [1.165, 1.54) is 5.56 Å². The fourth-order valence-electron chi connectivity index (χ4n) is 3.05. The molecule has 1 amide bonds. The van der Waals surface area contributed by atoms with E-state index in [9.17, 15) is 4.79 Å². The van der Waals surface area contributed by atoms with Crippen molar-refractivity contribution in [1.82, 2.24) is 4.98 Å². The predicted molar refractivity (Wildman–Crippen MR) is 103 cm³/mol. The van der Waals surface area contributed by atoms with Gasteiger partial charge in [-0.15, -0.1) is 0 Å². The fraction of sp³-hybridized carbons (Fsp3) is 0.100. The molecule has 0 aliphatic carbocycles. The van der Waals surface area contributed by atoms with E-state index in [4.69, 9.17) is 0 Å². The molecule has 0 unspecified atom stereocenters. The van der Waals surface area contributed by atoms with E-state index in [-0.39, 0.29) is 5.91 Å². The van der Waals surface area contributed by atoms with Gasteiger partial charge in [0.25, 0.3) is 5.91 Å². The Labute approximate surface area is 154 Å². The first-order valence-corrected chi connectivity index (χ1v) is 8.88. The monoisotopic (exact) mass is 393 g/mol. The molecule has 1 aromatic heterocycles. The van der Waals surface area contributed by atoms with Crippen molar-refractivity contribution in [2.75, 3.05) is 16.8 Å². The van der Waals surface area contributed by atoms with Crippen LogP contribution in [-0.2, 0) is 6.42 Å². The number of anilines is 3. The molecule has 3 aromatic rings. The summed E-state index contributed by atoms with van der Waals surface area (Å²) in [6, 6.07) is 17.7. The van der Waals surface area contributed by atoms with Gasteiger partial charge in [-0.25, -0.2) is 0 Å². The number of benzene rings is 2. The van der Waals surface area contributed by atoms with E-state index in [1.807, 2.05) is 53.4 Å². The highest BCUT2D eigenvalue weighted by Crippen LogP contribution is 2.30. The molecule has 0 saturated carbocycles. The molecular weight excluding hydrogens is 378 g/mol. The van der Waals surface area contributed by atoms with E-state index in [2.05, 4.69) is 32.3 Å². The summed E-state index contributed by atoms with van der Waals surface area (Å²) in [4.78, 5) is 19.0. The molecule has 1 N–H and O–H groups in total. The normalized spacial score (nSPS) is 12.8. The van der Waals surface area contributed by atoms with E-state index in [1.54, 1.807) is 12.4 Å². The van der Waals surface area contributed by atoms with E-state index in [0.717, 1.165) is 28.0 Å². The Hall–Kier alpha value is -2.66. The Morgan fingerprint density at radius 2 is 1.88 bits per heavy atom. The van der Waals surface area contributed by atoms with Gasteiger partial charge in [-0.2, -0.15) is 0 Å². The van der Waals surface area contributed by atoms with Crippen LogP contribution in [0.4, 0.5) is 17.1 Å². The number of fused-ring (bicyclic) bond motifs is 1. The molecule has 0 fully saturated rings. The maximum atomic E-state index is 12.9. The van der Waals surface area contributed by atoms with Crippen LogP contribution in [0.15, 0.2) is 71.5 Å². The van der Waals surface area contributed by atoms with Crippen LogP contribution in [-0.4, -0.2) is 17.4 Å². The zero-order chi connectivity index (χ0) is 17.2. The van der Waals surface area contributed by atoms with Gasteiger partial charge in [0.1, 0.15) is 0 Å². The second kappa shape index (κ2) is 6.69. The van der Waals surface area contributed by atoms with Crippen LogP contribution in [0.1, 0.15) is 15.9 Å². The van der Waals surface area contributed by atoms with Gasteiger partial charge in [-0.1, -0.05) is 30.3 Å². The summed E-state index contributed by atoms with van der Waals surface area (Å²) in [5.74, 6) is -0.0202. The summed E-state index contributed by atoms with van der Waals surface area (Å²) in [7, 11) is 0. The zero-order valence-corrected chi connectivity index (χ0v) is 15.0. The first-order chi connectivity index (χ1) is 12.2. The number of para-hydroxylation sites is 2. The number of nitrogens with one attached hydrogen (secondary N) is 1. The lowest BCUT2D eigenvalue weighted by atomic mass is 10.2. The number of rotatable bonds is 3. The number of aromatic nitrogens is 1. The Morgan fingerprint density at radius 3 is 2.76 bits per heavy atom. The minimum Gasteiger partial charge on any atom is -0.353 e. The molecule has 0 saturated heterocycles.